The van der Waals surface area contributed by atoms with Crippen LogP contribution in [0.4, 0.5) is 9.59 Å². The van der Waals surface area contributed by atoms with E-state index in [1.54, 1.807) is 34.6 Å². The summed E-state index contributed by atoms with van der Waals surface area (Å²) >= 11 is 0. The summed E-state index contributed by atoms with van der Waals surface area (Å²) in [6.45, 7) is 9.17. The lowest BCUT2D eigenvalue weighted by atomic mass is 10.2. The van der Waals surface area contributed by atoms with Gasteiger partial charge < -0.3 is 34.0 Å². The molecule has 1 fully saturated rings. The maximum atomic E-state index is 13.0. The monoisotopic (exact) mass is 437 g/mol. The van der Waals surface area contributed by atoms with Crippen LogP contribution in [-0.2, 0) is 23.1 Å². The summed E-state index contributed by atoms with van der Waals surface area (Å²) in [6.07, 6.45) is -2.25. The lowest BCUT2D eigenvalue weighted by Gasteiger charge is -2.35. The van der Waals surface area contributed by atoms with Crippen LogP contribution in [0, 0.1) is 0 Å². The van der Waals surface area contributed by atoms with Crippen LogP contribution in [0.2, 0.25) is 0 Å². The van der Waals surface area contributed by atoms with Crippen molar-refractivity contribution >= 4 is 25.7 Å². The highest BCUT2D eigenvalue weighted by Crippen LogP contribution is 2.48. The number of carbonyl (C=O) groups is 3. The van der Waals surface area contributed by atoms with Gasteiger partial charge in [0.25, 0.3) is 0 Å². The van der Waals surface area contributed by atoms with Crippen molar-refractivity contribution in [2.75, 3.05) is 45.6 Å². The maximum Gasteiger partial charge on any atom is 0.408 e. The lowest BCUT2D eigenvalue weighted by Crippen LogP contribution is -2.57. The van der Waals surface area contributed by atoms with Crippen molar-refractivity contribution < 1.29 is 37.8 Å². The molecule has 29 heavy (non-hydrogen) atoms. The van der Waals surface area contributed by atoms with E-state index in [0.29, 0.717) is 0 Å². The van der Waals surface area contributed by atoms with E-state index in [0.717, 1.165) is 0 Å². The molecule has 12 heteroatoms. The number of nitrogens with zero attached hydrogens (tertiary/aromatic N) is 2. The topological polar surface area (TPSA) is 135 Å². The van der Waals surface area contributed by atoms with Crippen molar-refractivity contribution in [3.8, 4) is 0 Å². The molecule has 0 radical (unpaired) electrons. The third-order valence-corrected chi connectivity index (χ3v) is 6.02. The van der Waals surface area contributed by atoms with E-state index in [1.807, 2.05) is 0 Å². The average molecular weight is 437 g/mol. The second-order valence-electron chi connectivity index (χ2n) is 7.42. The fourth-order valence-corrected chi connectivity index (χ4v) is 4.50. The molecule has 1 aliphatic heterocycles. The normalized spacial score (nSPS) is 16.3. The molecule has 3 amide bonds. The Kier molecular flexibility index (Phi) is 9.38. The summed E-state index contributed by atoms with van der Waals surface area (Å²) in [4.78, 5) is 38.9. The van der Waals surface area contributed by atoms with Gasteiger partial charge in [0.2, 0.25) is 5.91 Å². The van der Waals surface area contributed by atoms with Crippen LogP contribution in [0.3, 0.4) is 0 Å². The summed E-state index contributed by atoms with van der Waals surface area (Å²) in [5.74, 6) is -0.500. The zero-order valence-corrected chi connectivity index (χ0v) is 18.6. The van der Waals surface area contributed by atoms with Gasteiger partial charge in [-0.05, 0) is 34.6 Å². The van der Waals surface area contributed by atoms with E-state index >= 15 is 0 Å². The van der Waals surface area contributed by atoms with Gasteiger partial charge in [-0.1, -0.05) is 0 Å². The molecule has 1 aliphatic rings. The Balaban J connectivity index is 2.96. The van der Waals surface area contributed by atoms with Crippen molar-refractivity contribution in [2.24, 2.45) is 0 Å². The first-order valence-electron chi connectivity index (χ1n) is 9.55. The number of piperazine rings is 1. The Morgan fingerprint density at radius 3 is 1.93 bits per heavy atom. The standard InChI is InChI=1S/C17H32N3O8P/c1-6-26-29(25,27-7-2)12-13(18-15(22)28-17(3,4)5)14(21)19-8-10-20(11-9-19)16(23)24/h13H,6-12H2,1-5H3,(H,18,22)(H,23,24)/t13-/m1/s1. The molecule has 0 unspecified atom stereocenters. The van der Waals surface area contributed by atoms with Gasteiger partial charge in [-0.15, -0.1) is 0 Å². The molecule has 1 saturated heterocycles. The molecule has 2 N–H and O–H groups in total. The van der Waals surface area contributed by atoms with Crippen LogP contribution < -0.4 is 5.32 Å². The number of alkyl carbamates (subject to hydrolysis) is 1. The molecule has 1 heterocycles. The van der Waals surface area contributed by atoms with E-state index in [1.165, 1.54) is 9.80 Å². The third kappa shape index (κ3) is 8.59. The number of carbonyl (C=O) groups excluding carboxylic acids is 2. The zero-order chi connectivity index (χ0) is 22.2. The SMILES string of the molecule is CCOP(=O)(C[C@@H](NC(=O)OC(C)(C)C)C(=O)N1CCN(C(=O)O)CC1)OCC. The van der Waals surface area contributed by atoms with Crippen LogP contribution in [0.5, 0.6) is 0 Å². The minimum atomic E-state index is -3.64. The molecule has 0 spiro atoms. The first-order chi connectivity index (χ1) is 13.4. The first kappa shape index (κ1) is 25.2. The summed E-state index contributed by atoms with van der Waals surface area (Å²) in [5.41, 5.74) is -0.783. The second kappa shape index (κ2) is 10.8. The highest BCUT2D eigenvalue weighted by Gasteiger charge is 2.37. The number of carboxylic acid groups (broad SMARTS) is 1. The van der Waals surface area contributed by atoms with Gasteiger partial charge in [0.1, 0.15) is 11.6 Å². The zero-order valence-electron chi connectivity index (χ0n) is 17.7. The van der Waals surface area contributed by atoms with E-state index < -0.39 is 37.3 Å². The molecule has 0 aliphatic carbocycles. The smallest absolute Gasteiger partial charge is 0.408 e. The molecule has 0 aromatic heterocycles. The number of hydrogen-bond donors (Lipinski definition) is 2. The minimum absolute atomic E-state index is 0.113. The molecule has 1 atom stereocenters. The Morgan fingerprint density at radius 2 is 1.52 bits per heavy atom. The van der Waals surface area contributed by atoms with Crippen LogP contribution in [-0.4, -0.2) is 90.2 Å². The molecule has 0 aromatic rings. The van der Waals surface area contributed by atoms with Gasteiger partial charge >= 0.3 is 19.8 Å². The van der Waals surface area contributed by atoms with Crippen molar-refractivity contribution in [3.05, 3.63) is 0 Å². The number of nitrogens with one attached hydrogen (secondary N) is 1. The van der Waals surface area contributed by atoms with E-state index in [-0.39, 0.29) is 45.6 Å². The first-order valence-corrected chi connectivity index (χ1v) is 11.3. The summed E-state index contributed by atoms with van der Waals surface area (Å²) in [6, 6.07) is -1.20. The van der Waals surface area contributed by atoms with Gasteiger partial charge in [0.05, 0.1) is 19.4 Å². The quantitative estimate of drug-likeness (QED) is 0.551. The van der Waals surface area contributed by atoms with Crippen molar-refractivity contribution in [3.63, 3.8) is 0 Å². The second-order valence-corrected chi connectivity index (χ2v) is 9.53. The van der Waals surface area contributed by atoms with E-state index in [2.05, 4.69) is 5.32 Å². The van der Waals surface area contributed by atoms with Crippen LogP contribution in [0.15, 0.2) is 0 Å². The maximum absolute atomic E-state index is 13.0. The van der Waals surface area contributed by atoms with E-state index in [9.17, 15) is 18.9 Å². The Hall–Kier alpha value is -1.84. The van der Waals surface area contributed by atoms with Gasteiger partial charge in [0, 0.05) is 26.2 Å². The van der Waals surface area contributed by atoms with Crippen molar-refractivity contribution in [1.29, 1.82) is 0 Å². The van der Waals surface area contributed by atoms with E-state index in [4.69, 9.17) is 18.9 Å². The molecule has 0 aromatic carbocycles. The Bertz CT molecular complexity index is 619. The van der Waals surface area contributed by atoms with Crippen molar-refractivity contribution in [1.82, 2.24) is 15.1 Å². The fraction of sp³-hybridized carbons (Fsp3) is 0.824. The molecular formula is C17H32N3O8P. The number of amides is 3. The average Bonchev–Trinajstić information content (AvgIpc) is 2.59. The Morgan fingerprint density at radius 1 is 1.03 bits per heavy atom. The lowest BCUT2D eigenvalue weighted by molar-refractivity contribution is -0.134. The van der Waals surface area contributed by atoms with Gasteiger partial charge in [-0.2, -0.15) is 0 Å². The van der Waals surface area contributed by atoms with Gasteiger partial charge in [-0.25, -0.2) is 9.59 Å². The van der Waals surface area contributed by atoms with Gasteiger partial charge in [0.15, 0.2) is 0 Å². The predicted molar refractivity (Wildman–Crippen MR) is 105 cm³/mol. The molecule has 0 bridgehead atoms. The largest absolute Gasteiger partial charge is 0.465 e. The highest BCUT2D eigenvalue weighted by molar-refractivity contribution is 7.54. The third-order valence-electron chi connectivity index (χ3n) is 3.91. The van der Waals surface area contributed by atoms with Crippen LogP contribution in [0.25, 0.3) is 0 Å². The van der Waals surface area contributed by atoms with Crippen molar-refractivity contribution in [2.45, 2.75) is 46.3 Å². The predicted octanol–water partition coefficient (Wildman–Crippen LogP) is 1.97. The summed E-state index contributed by atoms with van der Waals surface area (Å²) in [7, 11) is -3.64. The molecular weight excluding hydrogens is 405 g/mol. The number of rotatable bonds is 8. The van der Waals surface area contributed by atoms with Gasteiger partial charge in [-0.3, -0.25) is 9.36 Å². The molecule has 11 nitrogen and oxygen atoms in total. The minimum Gasteiger partial charge on any atom is -0.465 e. The number of ether oxygens (including phenoxy) is 1. The number of hydrogen-bond acceptors (Lipinski definition) is 7. The fourth-order valence-electron chi connectivity index (χ4n) is 2.73. The molecule has 0 saturated carbocycles. The Labute approximate surface area is 171 Å². The van der Waals surface area contributed by atoms with Crippen LogP contribution in [0.1, 0.15) is 34.6 Å². The summed E-state index contributed by atoms with van der Waals surface area (Å²) in [5, 5.41) is 11.5. The summed E-state index contributed by atoms with van der Waals surface area (Å²) < 4.78 is 28.6. The molecule has 1 rings (SSSR count). The van der Waals surface area contributed by atoms with Crippen LogP contribution >= 0.6 is 7.60 Å². The molecule has 168 valence electrons. The highest BCUT2D eigenvalue weighted by atomic mass is 31.2.